The van der Waals surface area contributed by atoms with E-state index in [9.17, 15) is 4.39 Å². The Morgan fingerprint density at radius 3 is 2.79 bits per heavy atom. The molecule has 1 aromatic carbocycles. The molecule has 0 saturated heterocycles. The van der Waals surface area contributed by atoms with Crippen LogP contribution >= 0.6 is 0 Å². The Morgan fingerprint density at radius 2 is 2.16 bits per heavy atom. The molecule has 0 radical (unpaired) electrons. The number of aryl methyl sites for hydroxylation is 1. The van der Waals surface area contributed by atoms with Crippen molar-refractivity contribution in [2.45, 2.75) is 25.8 Å². The Kier molecular flexibility index (Phi) is 4.68. The first kappa shape index (κ1) is 13.7. The first-order valence-electron chi connectivity index (χ1n) is 6.65. The molecule has 1 aromatic heterocycles. The van der Waals surface area contributed by atoms with Gasteiger partial charge in [0.15, 0.2) is 0 Å². The van der Waals surface area contributed by atoms with Crippen LogP contribution in [0.1, 0.15) is 30.6 Å². The predicted octanol–water partition coefficient (Wildman–Crippen LogP) is 2.84. The highest BCUT2D eigenvalue weighted by atomic mass is 19.1. The van der Waals surface area contributed by atoms with Crippen LogP contribution in [-0.2, 0) is 13.5 Å². The van der Waals surface area contributed by atoms with E-state index in [1.807, 2.05) is 29.9 Å². The Morgan fingerprint density at radius 1 is 1.37 bits per heavy atom. The van der Waals surface area contributed by atoms with Gasteiger partial charge < -0.3 is 9.88 Å². The van der Waals surface area contributed by atoms with Crippen molar-refractivity contribution in [3.8, 4) is 0 Å². The van der Waals surface area contributed by atoms with Crippen molar-refractivity contribution in [3.63, 3.8) is 0 Å². The molecule has 2 aromatic rings. The molecule has 2 rings (SSSR count). The van der Waals surface area contributed by atoms with E-state index in [0.29, 0.717) is 6.42 Å². The summed E-state index contributed by atoms with van der Waals surface area (Å²) < 4.78 is 15.7. The lowest BCUT2D eigenvalue weighted by Gasteiger charge is -2.17. The minimum Gasteiger partial charge on any atom is -0.340 e. The van der Waals surface area contributed by atoms with Gasteiger partial charge in [-0.1, -0.05) is 25.1 Å². The van der Waals surface area contributed by atoms with E-state index >= 15 is 0 Å². The third-order valence-corrected chi connectivity index (χ3v) is 3.10. The number of aromatic nitrogens is 2. The van der Waals surface area contributed by atoms with Crippen LogP contribution in [0.3, 0.4) is 0 Å². The van der Waals surface area contributed by atoms with Crippen LogP contribution in [0.4, 0.5) is 4.39 Å². The van der Waals surface area contributed by atoms with Gasteiger partial charge in [0.1, 0.15) is 5.82 Å². The summed E-state index contributed by atoms with van der Waals surface area (Å²) in [6, 6.07) is 6.98. The molecule has 1 atom stereocenters. The lowest BCUT2D eigenvalue weighted by atomic mass is 10.0. The Labute approximate surface area is 113 Å². The fourth-order valence-corrected chi connectivity index (χ4v) is 2.10. The number of halogens is 1. The summed E-state index contributed by atoms with van der Waals surface area (Å²) in [5.74, 6) is -0.151. The van der Waals surface area contributed by atoms with Crippen LogP contribution in [0.15, 0.2) is 36.8 Å². The summed E-state index contributed by atoms with van der Waals surface area (Å²) >= 11 is 0. The molecule has 0 bridgehead atoms. The van der Waals surface area contributed by atoms with Crippen LogP contribution in [0.5, 0.6) is 0 Å². The highest BCUT2D eigenvalue weighted by Crippen LogP contribution is 2.18. The fraction of sp³-hybridized carbons (Fsp3) is 0.400. The van der Waals surface area contributed by atoms with E-state index in [1.54, 1.807) is 12.4 Å². The Bertz CT molecular complexity index is 522. The number of hydrogen-bond acceptors (Lipinski definition) is 2. The maximum Gasteiger partial charge on any atom is 0.126 e. The van der Waals surface area contributed by atoms with Crippen LogP contribution in [0.2, 0.25) is 0 Å². The number of hydrogen-bond donors (Lipinski definition) is 1. The van der Waals surface area contributed by atoms with Gasteiger partial charge in [-0.2, -0.15) is 0 Å². The molecule has 0 aliphatic heterocycles. The standard InChI is InChI=1S/C15H20FN3/c1-3-8-17-14(15-10-19(2)11-18-15)9-12-6-4-5-7-13(12)16/h4-7,10-11,14,17H,3,8-9H2,1-2H3. The summed E-state index contributed by atoms with van der Waals surface area (Å²) in [5, 5.41) is 3.43. The summed E-state index contributed by atoms with van der Waals surface area (Å²) in [6.45, 7) is 3.02. The van der Waals surface area contributed by atoms with E-state index in [0.717, 1.165) is 24.2 Å². The van der Waals surface area contributed by atoms with Gasteiger partial charge in [-0.05, 0) is 31.0 Å². The third kappa shape index (κ3) is 3.64. The van der Waals surface area contributed by atoms with Gasteiger partial charge in [0.25, 0.3) is 0 Å². The molecule has 0 aliphatic rings. The minimum absolute atomic E-state index is 0.0537. The first-order chi connectivity index (χ1) is 9.20. The van der Waals surface area contributed by atoms with Gasteiger partial charge in [0.2, 0.25) is 0 Å². The largest absolute Gasteiger partial charge is 0.340 e. The molecule has 1 N–H and O–H groups in total. The van der Waals surface area contributed by atoms with Crippen molar-refractivity contribution in [1.29, 1.82) is 0 Å². The average Bonchev–Trinajstić information content (AvgIpc) is 2.83. The topological polar surface area (TPSA) is 29.9 Å². The molecular formula is C15H20FN3. The van der Waals surface area contributed by atoms with Gasteiger partial charge in [0, 0.05) is 13.2 Å². The second-order valence-electron chi connectivity index (χ2n) is 4.77. The molecule has 0 fully saturated rings. The molecule has 0 spiro atoms. The van der Waals surface area contributed by atoms with Crippen LogP contribution in [0, 0.1) is 5.82 Å². The smallest absolute Gasteiger partial charge is 0.126 e. The second kappa shape index (κ2) is 6.48. The van der Waals surface area contributed by atoms with E-state index < -0.39 is 0 Å². The van der Waals surface area contributed by atoms with Crippen LogP contribution in [-0.4, -0.2) is 16.1 Å². The van der Waals surface area contributed by atoms with Crippen LogP contribution in [0.25, 0.3) is 0 Å². The highest BCUT2D eigenvalue weighted by Gasteiger charge is 2.15. The molecule has 19 heavy (non-hydrogen) atoms. The second-order valence-corrected chi connectivity index (χ2v) is 4.77. The van der Waals surface area contributed by atoms with E-state index in [4.69, 9.17) is 0 Å². The zero-order chi connectivity index (χ0) is 13.7. The molecule has 0 amide bonds. The average molecular weight is 261 g/mol. The zero-order valence-corrected chi connectivity index (χ0v) is 11.4. The molecule has 1 unspecified atom stereocenters. The normalized spacial score (nSPS) is 12.6. The number of imidazole rings is 1. The maximum atomic E-state index is 13.7. The predicted molar refractivity (Wildman–Crippen MR) is 74.3 cm³/mol. The van der Waals surface area contributed by atoms with Crippen molar-refractivity contribution in [2.24, 2.45) is 7.05 Å². The van der Waals surface area contributed by atoms with Crippen LogP contribution < -0.4 is 5.32 Å². The summed E-state index contributed by atoms with van der Waals surface area (Å²) in [5.41, 5.74) is 1.68. The maximum absolute atomic E-state index is 13.7. The molecule has 0 aliphatic carbocycles. The molecular weight excluding hydrogens is 241 g/mol. The van der Waals surface area contributed by atoms with Crippen molar-refractivity contribution < 1.29 is 4.39 Å². The van der Waals surface area contributed by atoms with Gasteiger partial charge in [-0.3, -0.25) is 0 Å². The van der Waals surface area contributed by atoms with E-state index in [1.165, 1.54) is 6.07 Å². The van der Waals surface area contributed by atoms with Crippen molar-refractivity contribution >= 4 is 0 Å². The SMILES string of the molecule is CCCNC(Cc1ccccc1F)c1cn(C)cn1. The van der Waals surface area contributed by atoms with Crippen molar-refractivity contribution in [1.82, 2.24) is 14.9 Å². The van der Waals surface area contributed by atoms with Gasteiger partial charge in [0.05, 0.1) is 18.1 Å². The van der Waals surface area contributed by atoms with Gasteiger partial charge >= 0.3 is 0 Å². The number of rotatable bonds is 6. The minimum atomic E-state index is -0.151. The van der Waals surface area contributed by atoms with Gasteiger partial charge in [-0.25, -0.2) is 9.37 Å². The summed E-state index contributed by atoms with van der Waals surface area (Å²) in [4.78, 5) is 4.37. The molecule has 1 heterocycles. The monoisotopic (exact) mass is 261 g/mol. The molecule has 0 saturated carbocycles. The Hall–Kier alpha value is -1.68. The number of nitrogens with one attached hydrogen (secondary N) is 1. The zero-order valence-electron chi connectivity index (χ0n) is 11.4. The lowest BCUT2D eigenvalue weighted by Crippen LogP contribution is -2.24. The lowest BCUT2D eigenvalue weighted by molar-refractivity contribution is 0.504. The number of benzene rings is 1. The molecule has 102 valence electrons. The quantitative estimate of drug-likeness (QED) is 0.866. The Balaban J connectivity index is 2.16. The number of nitrogens with zero attached hydrogens (tertiary/aromatic N) is 2. The van der Waals surface area contributed by atoms with Crippen molar-refractivity contribution in [2.75, 3.05) is 6.54 Å². The van der Waals surface area contributed by atoms with E-state index in [2.05, 4.69) is 17.2 Å². The van der Waals surface area contributed by atoms with Crippen molar-refractivity contribution in [3.05, 3.63) is 53.9 Å². The summed E-state index contributed by atoms with van der Waals surface area (Å²) in [6.07, 6.45) is 5.41. The summed E-state index contributed by atoms with van der Waals surface area (Å²) in [7, 11) is 1.94. The molecule has 3 nitrogen and oxygen atoms in total. The van der Waals surface area contributed by atoms with E-state index in [-0.39, 0.29) is 11.9 Å². The van der Waals surface area contributed by atoms with Gasteiger partial charge in [-0.15, -0.1) is 0 Å². The third-order valence-electron chi connectivity index (χ3n) is 3.10. The molecule has 4 heteroatoms. The first-order valence-corrected chi connectivity index (χ1v) is 6.65. The fourth-order valence-electron chi connectivity index (χ4n) is 2.10. The highest BCUT2D eigenvalue weighted by molar-refractivity contribution is 5.20.